The highest BCUT2D eigenvalue weighted by Crippen LogP contribution is 2.12. The molecular weight excluding hydrogens is 298 g/mol. The van der Waals surface area contributed by atoms with E-state index in [4.69, 9.17) is 4.74 Å². The van der Waals surface area contributed by atoms with Gasteiger partial charge in [-0.15, -0.1) is 11.3 Å². The van der Waals surface area contributed by atoms with Crippen LogP contribution in [0.2, 0.25) is 0 Å². The van der Waals surface area contributed by atoms with E-state index < -0.39 is 0 Å². The van der Waals surface area contributed by atoms with Crippen molar-refractivity contribution in [3.05, 3.63) is 52.2 Å². The Morgan fingerprint density at radius 1 is 1.18 bits per heavy atom. The van der Waals surface area contributed by atoms with E-state index in [0.717, 1.165) is 11.3 Å². The van der Waals surface area contributed by atoms with Gasteiger partial charge >= 0.3 is 5.97 Å². The molecule has 4 nitrogen and oxygen atoms in total. The zero-order valence-electron chi connectivity index (χ0n) is 12.5. The Labute approximate surface area is 134 Å². The highest BCUT2D eigenvalue weighted by atomic mass is 32.1. The van der Waals surface area contributed by atoms with Gasteiger partial charge in [0.05, 0.1) is 6.42 Å². The van der Waals surface area contributed by atoms with Crippen LogP contribution >= 0.6 is 11.3 Å². The molecule has 5 heteroatoms. The van der Waals surface area contributed by atoms with Crippen molar-refractivity contribution in [1.29, 1.82) is 0 Å². The van der Waals surface area contributed by atoms with E-state index in [-0.39, 0.29) is 18.5 Å². The number of benzene rings is 1. The van der Waals surface area contributed by atoms with Crippen molar-refractivity contribution in [2.45, 2.75) is 26.2 Å². The molecule has 0 aliphatic rings. The predicted octanol–water partition coefficient (Wildman–Crippen LogP) is 3.43. The van der Waals surface area contributed by atoms with Crippen LogP contribution in [0.15, 0.2) is 41.8 Å². The normalized spacial score (nSPS) is 10.2. The molecule has 116 valence electrons. The summed E-state index contributed by atoms with van der Waals surface area (Å²) in [7, 11) is 0. The molecule has 0 aliphatic carbocycles. The number of rotatable bonds is 7. The molecule has 0 saturated carbocycles. The zero-order chi connectivity index (χ0) is 15.8. The Balaban J connectivity index is 1.69. The number of anilines is 1. The number of hydrogen-bond donors (Lipinski definition) is 1. The second-order valence-electron chi connectivity index (χ2n) is 4.84. The molecule has 2 rings (SSSR count). The summed E-state index contributed by atoms with van der Waals surface area (Å²) >= 11 is 1.61. The first-order valence-electron chi connectivity index (χ1n) is 7.24. The maximum Gasteiger partial charge on any atom is 0.306 e. The Morgan fingerprint density at radius 2 is 1.95 bits per heavy atom. The molecule has 1 amide bonds. The molecule has 0 spiro atoms. The van der Waals surface area contributed by atoms with Gasteiger partial charge in [-0.1, -0.05) is 25.1 Å². The Hall–Kier alpha value is -2.14. The van der Waals surface area contributed by atoms with Crippen molar-refractivity contribution in [1.82, 2.24) is 0 Å². The number of amides is 1. The van der Waals surface area contributed by atoms with Gasteiger partial charge < -0.3 is 10.1 Å². The second kappa shape index (κ2) is 8.34. The fourth-order valence-electron chi connectivity index (χ4n) is 1.92. The molecule has 22 heavy (non-hydrogen) atoms. The van der Waals surface area contributed by atoms with Gasteiger partial charge in [-0.25, -0.2) is 0 Å². The molecule has 1 aromatic heterocycles. The third kappa shape index (κ3) is 5.33. The number of ether oxygens (including phenoxy) is 1. The molecule has 0 radical (unpaired) electrons. The maximum absolute atomic E-state index is 11.7. The molecular formula is C17H19NO3S. The summed E-state index contributed by atoms with van der Waals surface area (Å²) in [6.07, 6.45) is 1.89. The van der Waals surface area contributed by atoms with E-state index in [1.807, 2.05) is 41.8 Å². The van der Waals surface area contributed by atoms with E-state index >= 15 is 0 Å². The van der Waals surface area contributed by atoms with Crippen LogP contribution in [-0.4, -0.2) is 18.5 Å². The van der Waals surface area contributed by atoms with Crippen molar-refractivity contribution in [3.63, 3.8) is 0 Å². The Kier molecular flexibility index (Phi) is 6.15. The summed E-state index contributed by atoms with van der Waals surface area (Å²) in [6.45, 7) is 1.82. The summed E-state index contributed by atoms with van der Waals surface area (Å²) in [4.78, 5) is 24.4. The van der Waals surface area contributed by atoms with Gasteiger partial charge in [-0.05, 0) is 42.0 Å². The van der Waals surface area contributed by atoms with E-state index in [9.17, 15) is 9.59 Å². The van der Waals surface area contributed by atoms with Gasteiger partial charge in [0.2, 0.25) is 0 Å². The summed E-state index contributed by atoms with van der Waals surface area (Å²) < 4.78 is 4.97. The van der Waals surface area contributed by atoms with Gasteiger partial charge in [0.1, 0.15) is 0 Å². The van der Waals surface area contributed by atoms with Crippen LogP contribution < -0.4 is 5.32 Å². The van der Waals surface area contributed by atoms with Gasteiger partial charge in [0.15, 0.2) is 6.61 Å². The average molecular weight is 317 g/mol. The number of aryl methyl sites for hydroxylation is 2. The summed E-state index contributed by atoms with van der Waals surface area (Å²) in [5.74, 6) is -0.682. The van der Waals surface area contributed by atoms with Crippen molar-refractivity contribution in [2.75, 3.05) is 11.9 Å². The quantitative estimate of drug-likeness (QED) is 0.796. The highest BCUT2D eigenvalue weighted by Gasteiger charge is 2.08. The van der Waals surface area contributed by atoms with Crippen LogP contribution in [0.4, 0.5) is 5.69 Å². The molecule has 0 unspecified atom stereocenters. The van der Waals surface area contributed by atoms with E-state index in [2.05, 4.69) is 12.2 Å². The van der Waals surface area contributed by atoms with Crippen LogP contribution in [0.25, 0.3) is 0 Å². The van der Waals surface area contributed by atoms with E-state index in [1.165, 1.54) is 5.56 Å². The summed E-state index contributed by atoms with van der Waals surface area (Å²) in [6, 6.07) is 11.5. The molecule has 0 aliphatic heterocycles. The van der Waals surface area contributed by atoms with Gasteiger partial charge in [0, 0.05) is 10.6 Å². The Bertz CT molecular complexity index is 605. The van der Waals surface area contributed by atoms with Crippen LogP contribution in [-0.2, 0) is 27.2 Å². The van der Waals surface area contributed by atoms with E-state index in [0.29, 0.717) is 18.5 Å². The summed E-state index contributed by atoms with van der Waals surface area (Å²) in [5.41, 5.74) is 1.91. The number of nitrogens with one attached hydrogen (secondary N) is 1. The zero-order valence-corrected chi connectivity index (χ0v) is 13.3. The number of thiophene rings is 1. The monoisotopic (exact) mass is 317 g/mol. The number of carbonyl (C=O) groups is 2. The smallest absolute Gasteiger partial charge is 0.306 e. The lowest BCUT2D eigenvalue weighted by atomic mass is 10.1. The minimum absolute atomic E-state index is 0.251. The SMILES string of the molecule is CCc1ccc(NC(=O)COC(=O)CCc2cccs2)cc1. The van der Waals surface area contributed by atoms with Crippen molar-refractivity contribution >= 4 is 28.9 Å². The first-order valence-corrected chi connectivity index (χ1v) is 8.12. The average Bonchev–Trinajstić information content (AvgIpc) is 3.05. The van der Waals surface area contributed by atoms with E-state index in [1.54, 1.807) is 11.3 Å². The van der Waals surface area contributed by atoms with Crippen LogP contribution in [0.3, 0.4) is 0 Å². The lowest BCUT2D eigenvalue weighted by Crippen LogP contribution is -2.21. The third-order valence-corrected chi connectivity index (χ3v) is 4.10. The van der Waals surface area contributed by atoms with Crippen molar-refractivity contribution in [3.8, 4) is 0 Å². The molecule has 0 bridgehead atoms. The third-order valence-electron chi connectivity index (χ3n) is 3.17. The predicted molar refractivity (Wildman–Crippen MR) is 88.0 cm³/mol. The molecule has 1 heterocycles. The fraction of sp³-hybridized carbons (Fsp3) is 0.294. The fourth-order valence-corrected chi connectivity index (χ4v) is 2.63. The lowest BCUT2D eigenvalue weighted by Gasteiger charge is -2.07. The molecule has 0 saturated heterocycles. The van der Waals surface area contributed by atoms with Crippen molar-refractivity contribution < 1.29 is 14.3 Å². The number of hydrogen-bond acceptors (Lipinski definition) is 4. The van der Waals surface area contributed by atoms with Gasteiger partial charge in [-0.2, -0.15) is 0 Å². The molecule has 1 N–H and O–H groups in total. The first kappa shape index (κ1) is 16.2. The largest absolute Gasteiger partial charge is 0.456 e. The highest BCUT2D eigenvalue weighted by molar-refractivity contribution is 7.09. The standard InChI is InChI=1S/C17H19NO3S/c1-2-13-5-7-14(8-6-13)18-16(19)12-21-17(20)10-9-15-4-3-11-22-15/h3-8,11H,2,9-10,12H2,1H3,(H,18,19). The molecule has 0 fully saturated rings. The minimum atomic E-state index is -0.357. The number of carbonyl (C=O) groups excluding carboxylic acids is 2. The topological polar surface area (TPSA) is 55.4 Å². The minimum Gasteiger partial charge on any atom is -0.456 e. The maximum atomic E-state index is 11.7. The summed E-state index contributed by atoms with van der Waals surface area (Å²) in [5, 5.41) is 4.67. The van der Waals surface area contributed by atoms with Crippen molar-refractivity contribution in [2.24, 2.45) is 0 Å². The molecule has 0 atom stereocenters. The lowest BCUT2D eigenvalue weighted by molar-refractivity contribution is -0.147. The van der Waals surface area contributed by atoms with Gasteiger partial charge in [0.25, 0.3) is 5.91 Å². The van der Waals surface area contributed by atoms with Crippen LogP contribution in [0.5, 0.6) is 0 Å². The first-order chi connectivity index (χ1) is 10.7. The Morgan fingerprint density at radius 3 is 2.59 bits per heavy atom. The van der Waals surface area contributed by atoms with Crippen LogP contribution in [0.1, 0.15) is 23.8 Å². The molecule has 1 aromatic carbocycles. The molecule has 2 aromatic rings. The van der Waals surface area contributed by atoms with Crippen LogP contribution in [0, 0.1) is 0 Å². The number of esters is 1. The van der Waals surface area contributed by atoms with Gasteiger partial charge in [-0.3, -0.25) is 9.59 Å². The second-order valence-corrected chi connectivity index (χ2v) is 5.87.